The van der Waals surface area contributed by atoms with E-state index in [2.05, 4.69) is 15.9 Å². The maximum Gasteiger partial charge on any atom is 0.306 e. The Morgan fingerprint density at radius 1 is 1.50 bits per heavy atom. The zero-order valence-corrected chi connectivity index (χ0v) is 7.13. The third kappa shape index (κ3) is 0.965. The van der Waals surface area contributed by atoms with Gasteiger partial charge in [-0.25, -0.2) is 0 Å². The highest BCUT2D eigenvalue weighted by Gasteiger charge is 2.40. The van der Waals surface area contributed by atoms with Gasteiger partial charge in [-0.2, -0.15) is 0 Å². The first-order chi connectivity index (χ1) is 4.75. The molecule has 2 aliphatic rings. The lowest BCUT2D eigenvalue weighted by Crippen LogP contribution is -2.22. The van der Waals surface area contributed by atoms with Crippen LogP contribution >= 0.6 is 15.9 Å². The SMILES string of the molecule is O=C1C[C@@H]2C[C@H](C[C@@H]2Br)O1. The van der Waals surface area contributed by atoms with Crippen molar-refractivity contribution in [1.29, 1.82) is 0 Å². The highest BCUT2D eigenvalue weighted by Crippen LogP contribution is 2.39. The van der Waals surface area contributed by atoms with Crippen molar-refractivity contribution in [2.45, 2.75) is 30.2 Å². The van der Waals surface area contributed by atoms with Crippen LogP contribution in [-0.4, -0.2) is 16.9 Å². The van der Waals surface area contributed by atoms with Gasteiger partial charge in [-0.15, -0.1) is 0 Å². The lowest BCUT2D eigenvalue weighted by atomic mass is 10.0. The molecule has 0 aromatic rings. The number of carbonyl (C=O) groups excluding carboxylic acids is 1. The first-order valence-corrected chi connectivity index (χ1v) is 4.51. The van der Waals surface area contributed by atoms with Crippen molar-refractivity contribution in [3.05, 3.63) is 0 Å². The van der Waals surface area contributed by atoms with Gasteiger partial charge in [0.1, 0.15) is 6.10 Å². The van der Waals surface area contributed by atoms with Gasteiger partial charge in [-0.1, -0.05) is 15.9 Å². The van der Waals surface area contributed by atoms with Gasteiger partial charge in [0, 0.05) is 11.2 Å². The van der Waals surface area contributed by atoms with E-state index < -0.39 is 0 Å². The third-order valence-corrected chi connectivity index (χ3v) is 3.41. The first kappa shape index (κ1) is 6.65. The highest BCUT2D eigenvalue weighted by molar-refractivity contribution is 9.09. The molecule has 0 aromatic heterocycles. The average molecular weight is 205 g/mol. The Morgan fingerprint density at radius 2 is 2.30 bits per heavy atom. The number of carbonyl (C=O) groups is 1. The number of alkyl halides is 1. The normalized spacial score (nSPS) is 45.3. The van der Waals surface area contributed by atoms with Crippen LogP contribution in [0.25, 0.3) is 0 Å². The fraction of sp³-hybridized carbons (Fsp3) is 0.857. The molecular formula is C7H9BrO2. The average Bonchev–Trinajstić information content (AvgIpc) is 2.07. The van der Waals surface area contributed by atoms with Crippen LogP contribution in [0.3, 0.4) is 0 Å². The summed E-state index contributed by atoms with van der Waals surface area (Å²) in [5.41, 5.74) is 0. The minimum absolute atomic E-state index is 0.0109. The molecule has 0 aromatic carbocycles. The van der Waals surface area contributed by atoms with Crippen LogP contribution in [0.5, 0.6) is 0 Å². The van der Waals surface area contributed by atoms with E-state index in [0.29, 0.717) is 17.2 Å². The van der Waals surface area contributed by atoms with Crippen molar-refractivity contribution in [3.63, 3.8) is 0 Å². The Labute approximate surface area is 68.1 Å². The molecule has 2 bridgehead atoms. The molecule has 3 heteroatoms. The van der Waals surface area contributed by atoms with E-state index in [1.165, 1.54) is 0 Å². The Morgan fingerprint density at radius 3 is 3.00 bits per heavy atom. The maximum absolute atomic E-state index is 10.8. The van der Waals surface area contributed by atoms with Crippen molar-refractivity contribution in [2.75, 3.05) is 0 Å². The molecule has 1 aliphatic carbocycles. The number of halogens is 1. The van der Waals surface area contributed by atoms with E-state index in [0.717, 1.165) is 12.8 Å². The molecule has 1 aliphatic heterocycles. The monoisotopic (exact) mass is 204 g/mol. The number of rotatable bonds is 0. The molecule has 56 valence electrons. The van der Waals surface area contributed by atoms with Crippen LogP contribution in [0, 0.1) is 5.92 Å². The van der Waals surface area contributed by atoms with Crippen LogP contribution in [0.1, 0.15) is 19.3 Å². The van der Waals surface area contributed by atoms with E-state index >= 15 is 0 Å². The summed E-state index contributed by atoms with van der Waals surface area (Å²) in [5, 5.41) is 0. The second kappa shape index (κ2) is 2.22. The molecule has 0 spiro atoms. The third-order valence-electron chi connectivity index (χ3n) is 2.29. The largest absolute Gasteiger partial charge is 0.462 e. The van der Waals surface area contributed by atoms with Crippen molar-refractivity contribution < 1.29 is 9.53 Å². The summed E-state index contributed by atoms with van der Waals surface area (Å²) in [6.07, 6.45) is 2.92. The Hall–Kier alpha value is -0.0500. The summed E-state index contributed by atoms with van der Waals surface area (Å²) >= 11 is 3.54. The summed E-state index contributed by atoms with van der Waals surface area (Å²) in [7, 11) is 0. The predicted molar refractivity (Wildman–Crippen MR) is 39.9 cm³/mol. The van der Waals surface area contributed by atoms with Crippen molar-refractivity contribution in [3.8, 4) is 0 Å². The molecule has 1 saturated heterocycles. The van der Waals surface area contributed by atoms with Gasteiger partial charge in [-0.3, -0.25) is 4.79 Å². The maximum atomic E-state index is 10.8. The van der Waals surface area contributed by atoms with Gasteiger partial charge in [0.05, 0.1) is 0 Å². The Balaban J connectivity index is 2.13. The molecule has 0 amide bonds. The van der Waals surface area contributed by atoms with Gasteiger partial charge in [0.25, 0.3) is 0 Å². The highest BCUT2D eigenvalue weighted by atomic mass is 79.9. The van der Waals surface area contributed by atoms with Crippen LogP contribution in [0.15, 0.2) is 0 Å². The molecule has 1 saturated carbocycles. The summed E-state index contributed by atoms with van der Waals surface area (Å²) in [6, 6.07) is 0. The molecule has 0 N–H and O–H groups in total. The van der Waals surface area contributed by atoms with Gasteiger partial charge >= 0.3 is 5.97 Å². The number of hydrogen-bond donors (Lipinski definition) is 0. The molecule has 0 unspecified atom stereocenters. The molecular weight excluding hydrogens is 196 g/mol. The van der Waals surface area contributed by atoms with E-state index in [4.69, 9.17) is 4.74 Å². The zero-order valence-electron chi connectivity index (χ0n) is 5.55. The smallest absolute Gasteiger partial charge is 0.306 e. The summed E-state index contributed by atoms with van der Waals surface area (Å²) in [5.74, 6) is 0.537. The fourth-order valence-electron chi connectivity index (χ4n) is 1.78. The van der Waals surface area contributed by atoms with Crippen molar-refractivity contribution in [2.24, 2.45) is 5.92 Å². The van der Waals surface area contributed by atoms with E-state index in [-0.39, 0.29) is 12.1 Å². The van der Waals surface area contributed by atoms with Crippen molar-refractivity contribution in [1.82, 2.24) is 0 Å². The number of esters is 1. The lowest BCUT2D eigenvalue weighted by Gasteiger charge is -2.18. The molecule has 3 atom stereocenters. The van der Waals surface area contributed by atoms with Crippen LogP contribution in [0.2, 0.25) is 0 Å². The van der Waals surface area contributed by atoms with Crippen LogP contribution in [-0.2, 0) is 9.53 Å². The van der Waals surface area contributed by atoms with Gasteiger partial charge < -0.3 is 4.74 Å². The van der Waals surface area contributed by atoms with Crippen molar-refractivity contribution >= 4 is 21.9 Å². The zero-order chi connectivity index (χ0) is 7.14. The molecule has 1 heterocycles. The van der Waals surface area contributed by atoms with E-state index in [9.17, 15) is 4.79 Å². The molecule has 2 fully saturated rings. The standard InChI is InChI=1S/C7H9BrO2/c8-6-3-5-1-4(6)2-7(9)10-5/h4-6H,1-3H2/t4-,5+,6-/m0/s1. The quantitative estimate of drug-likeness (QED) is 0.442. The van der Waals surface area contributed by atoms with E-state index in [1.807, 2.05) is 0 Å². The topological polar surface area (TPSA) is 26.3 Å². The first-order valence-electron chi connectivity index (χ1n) is 3.59. The minimum atomic E-state index is -0.0109. The molecule has 10 heavy (non-hydrogen) atoms. The number of hydrogen-bond acceptors (Lipinski definition) is 2. The predicted octanol–water partition coefficient (Wildman–Crippen LogP) is 1.48. The summed E-state index contributed by atoms with van der Waals surface area (Å²) < 4.78 is 5.08. The second-order valence-electron chi connectivity index (χ2n) is 3.06. The second-order valence-corrected chi connectivity index (χ2v) is 4.24. The summed E-state index contributed by atoms with van der Waals surface area (Å²) in [4.78, 5) is 11.3. The van der Waals surface area contributed by atoms with E-state index in [1.54, 1.807) is 0 Å². The Bertz CT molecular complexity index is 167. The number of fused-ring (bicyclic) bond motifs is 2. The van der Waals surface area contributed by atoms with Crippen LogP contribution < -0.4 is 0 Å². The molecule has 2 nitrogen and oxygen atoms in total. The van der Waals surface area contributed by atoms with Gasteiger partial charge in [0.2, 0.25) is 0 Å². The number of ether oxygens (including phenoxy) is 1. The van der Waals surface area contributed by atoms with Crippen LogP contribution in [0.4, 0.5) is 0 Å². The molecule has 0 radical (unpaired) electrons. The van der Waals surface area contributed by atoms with Gasteiger partial charge in [0.15, 0.2) is 0 Å². The fourth-order valence-corrected chi connectivity index (χ4v) is 2.60. The lowest BCUT2D eigenvalue weighted by molar-refractivity contribution is -0.152. The minimum Gasteiger partial charge on any atom is -0.462 e. The summed E-state index contributed by atoms with van der Waals surface area (Å²) in [6.45, 7) is 0. The van der Waals surface area contributed by atoms with Gasteiger partial charge in [-0.05, 0) is 18.8 Å². The molecule has 2 rings (SSSR count). The Kier molecular flexibility index (Phi) is 1.48.